The average molecular weight is 450 g/mol. The lowest BCUT2D eigenvalue weighted by atomic mass is 10.2. The van der Waals surface area contributed by atoms with E-state index in [1.54, 1.807) is 37.3 Å². The molecule has 3 aromatic rings. The normalized spacial score (nSPS) is 12.1. The fourth-order valence-electron chi connectivity index (χ4n) is 2.83. The van der Waals surface area contributed by atoms with Gasteiger partial charge in [0.2, 0.25) is 19.9 Å². The Balaban J connectivity index is 1.84. The van der Waals surface area contributed by atoms with E-state index in [9.17, 15) is 16.8 Å². The summed E-state index contributed by atoms with van der Waals surface area (Å²) in [6.45, 7) is 1.81. The highest BCUT2D eigenvalue weighted by Crippen LogP contribution is 2.25. The van der Waals surface area contributed by atoms with Crippen molar-refractivity contribution in [2.45, 2.75) is 28.0 Å². The predicted molar refractivity (Wildman–Crippen MR) is 113 cm³/mol. The standard InChI is InChI=1S/C21H20ClNO4S2/c1-16-7-12-20(28(24,25)19-5-3-2-4-6-19)15-21(16)29(26,27)23-14-13-17-8-10-18(22)11-9-17/h2-12,15,23H,13-14H2,1H3. The van der Waals surface area contributed by atoms with Crippen LogP contribution in [0.15, 0.2) is 87.5 Å². The van der Waals surface area contributed by atoms with E-state index in [2.05, 4.69) is 4.72 Å². The lowest BCUT2D eigenvalue weighted by Crippen LogP contribution is -2.27. The Labute approximate surface area is 176 Å². The zero-order chi connectivity index (χ0) is 21.1. The smallest absolute Gasteiger partial charge is 0.219 e. The molecule has 0 saturated carbocycles. The first kappa shape index (κ1) is 21.5. The summed E-state index contributed by atoms with van der Waals surface area (Å²) in [6, 6.07) is 19.2. The topological polar surface area (TPSA) is 80.3 Å². The van der Waals surface area contributed by atoms with Crippen LogP contribution in [0.2, 0.25) is 5.02 Å². The molecule has 8 heteroatoms. The molecule has 0 unspecified atom stereocenters. The summed E-state index contributed by atoms with van der Waals surface area (Å²) in [7, 11) is -7.69. The Morgan fingerprint density at radius 3 is 2.14 bits per heavy atom. The number of nitrogens with one attached hydrogen (secondary N) is 1. The number of hydrogen-bond donors (Lipinski definition) is 1. The van der Waals surface area contributed by atoms with Gasteiger partial charge in [-0.15, -0.1) is 0 Å². The van der Waals surface area contributed by atoms with Gasteiger partial charge in [0.25, 0.3) is 0 Å². The SMILES string of the molecule is Cc1ccc(S(=O)(=O)c2ccccc2)cc1S(=O)(=O)NCCc1ccc(Cl)cc1. The van der Waals surface area contributed by atoms with Gasteiger partial charge in [0.05, 0.1) is 14.7 Å². The van der Waals surface area contributed by atoms with Gasteiger partial charge < -0.3 is 0 Å². The van der Waals surface area contributed by atoms with Crippen LogP contribution in [-0.4, -0.2) is 23.4 Å². The van der Waals surface area contributed by atoms with E-state index in [0.29, 0.717) is 17.0 Å². The highest BCUT2D eigenvalue weighted by molar-refractivity contribution is 7.91. The highest BCUT2D eigenvalue weighted by Gasteiger charge is 2.23. The molecule has 29 heavy (non-hydrogen) atoms. The third kappa shape index (κ3) is 5.05. The summed E-state index contributed by atoms with van der Waals surface area (Å²) < 4.78 is 53.8. The molecule has 152 valence electrons. The van der Waals surface area contributed by atoms with Crippen molar-refractivity contribution in [2.75, 3.05) is 6.54 Å². The van der Waals surface area contributed by atoms with Gasteiger partial charge in [-0.25, -0.2) is 21.6 Å². The Bertz CT molecular complexity index is 1210. The maximum Gasteiger partial charge on any atom is 0.240 e. The lowest BCUT2D eigenvalue weighted by Gasteiger charge is -2.12. The van der Waals surface area contributed by atoms with Gasteiger partial charge in [-0.05, 0) is 60.9 Å². The number of rotatable bonds is 7. The molecule has 0 aliphatic rings. The summed E-state index contributed by atoms with van der Waals surface area (Å²) in [4.78, 5) is 0.000821. The summed E-state index contributed by atoms with van der Waals surface area (Å²) in [5, 5.41) is 0.612. The molecule has 0 radical (unpaired) electrons. The second-order valence-corrected chi connectivity index (χ2v) is 10.6. The molecule has 3 aromatic carbocycles. The van der Waals surface area contributed by atoms with Crippen LogP contribution >= 0.6 is 11.6 Å². The van der Waals surface area contributed by atoms with Crippen LogP contribution in [0.25, 0.3) is 0 Å². The van der Waals surface area contributed by atoms with Crippen LogP contribution in [0.1, 0.15) is 11.1 Å². The van der Waals surface area contributed by atoms with Gasteiger partial charge in [-0.1, -0.05) is 48.0 Å². The van der Waals surface area contributed by atoms with Crippen molar-refractivity contribution in [3.63, 3.8) is 0 Å². The molecule has 0 aliphatic carbocycles. The summed E-state index contributed by atoms with van der Waals surface area (Å²) >= 11 is 5.85. The molecule has 3 rings (SSSR count). The molecule has 5 nitrogen and oxygen atoms in total. The third-order valence-electron chi connectivity index (χ3n) is 4.43. The summed E-state index contributed by atoms with van der Waals surface area (Å²) in [6.07, 6.45) is 0.484. The molecule has 0 fully saturated rings. The van der Waals surface area contributed by atoms with Crippen LogP contribution in [0.4, 0.5) is 0 Å². The molecule has 0 aromatic heterocycles. The third-order valence-corrected chi connectivity index (χ3v) is 8.05. The first-order chi connectivity index (χ1) is 13.7. The zero-order valence-corrected chi connectivity index (χ0v) is 18.1. The molecule has 1 N–H and O–H groups in total. The van der Waals surface area contributed by atoms with Crippen LogP contribution < -0.4 is 4.72 Å². The number of halogens is 1. The van der Waals surface area contributed by atoms with Crippen LogP contribution in [0, 0.1) is 6.92 Å². The first-order valence-electron chi connectivity index (χ1n) is 8.85. The lowest BCUT2D eigenvalue weighted by molar-refractivity contribution is 0.580. The van der Waals surface area contributed by atoms with E-state index in [-0.39, 0.29) is 21.2 Å². The largest absolute Gasteiger partial charge is 0.240 e. The zero-order valence-electron chi connectivity index (χ0n) is 15.7. The highest BCUT2D eigenvalue weighted by atomic mass is 35.5. The van der Waals surface area contributed by atoms with Crippen molar-refractivity contribution in [3.8, 4) is 0 Å². The van der Waals surface area contributed by atoms with Gasteiger partial charge in [-0.2, -0.15) is 0 Å². The van der Waals surface area contributed by atoms with E-state index in [4.69, 9.17) is 11.6 Å². The van der Waals surface area contributed by atoms with E-state index in [1.807, 2.05) is 12.1 Å². The molecule has 0 spiro atoms. The van der Waals surface area contributed by atoms with E-state index in [1.165, 1.54) is 30.3 Å². The fourth-order valence-corrected chi connectivity index (χ4v) is 5.64. The van der Waals surface area contributed by atoms with Crippen molar-refractivity contribution in [1.82, 2.24) is 4.72 Å². The van der Waals surface area contributed by atoms with Crippen molar-refractivity contribution in [2.24, 2.45) is 0 Å². The molecule has 0 saturated heterocycles. The van der Waals surface area contributed by atoms with E-state index >= 15 is 0 Å². The van der Waals surface area contributed by atoms with E-state index < -0.39 is 19.9 Å². The quantitative estimate of drug-likeness (QED) is 0.591. The minimum atomic E-state index is -3.87. The molecule has 0 aliphatic heterocycles. The maximum atomic E-state index is 12.8. The van der Waals surface area contributed by atoms with Crippen molar-refractivity contribution < 1.29 is 16.8 Å². The number of hydrogen-bond acceptors (Lipinski definition) is 4. The summed E-state index contributed by atoms with van der Waals surface area (Å²) in [5.74, 6) is 0. The van der Waals surface area contributed by atoms with Gasteiger partial charge in [0.15, 0.2) is 0 Å². The Kier molecular flexibility index (Phi) is 6.43. The van der Waals surface area contributed by atoms with Crippen molar-refractivity contribution in [1.29, 1.82) is 0 Å². The Morgan fingerprint density at radius 2 is 1.48 bits per heavy atom. The molecular formula is C21H20ClNO4S2. The van der Waals surface area contributed by atoms with Gasteiger partial charge in [-0.3, -0.25) is 0 Å². The Morgan fingerprint density at radius 1 is 0.828 bits per heavy atom. The van der Waals surface area contributed by atoms with Gasteiger partial charge in [0.1, 0.15) is 0 Å². The number of benzene rings is 3. The molecule has 0 amide bonds. The fraction of sp³-hybridized carbons (Fsp3) is 0.143. The first-order valence-corrected chi connectivity index (χ1v) is 12.2. The van der Waals surface area contributed by atoms with Gasteiger partial charge >= 0.3 is 0 Å². The predicted octanol–water partition coefficient (Wildman–Crippen LogP) is 4.00. The number of aryl methyl sites for hydroxylation is 1. The number of sulfone groups is 1. The van der Waals surface area contributed by atoms with Crippen LogP contribution in [0.5, 0.6) is 0 Å². The summed E-state index contributed by atoms with van der Waals surface area (Å²) in [5.41, 5.74) is 1.41. The monoisotopic (exact) mass is 449 g/mol. The Hall–Kier alpha value is -2.19. The second kappa shape index (κ2) is 8.67. The molecule has 0 bridgehead atoms. The maximum absolute atomic E-state index is 12.8. The molecule has 0 atom stereocenters. The minimum absolute atomic E-state index is 0.0504. The molecule has 0 heterocycles. The average Bonchev–Trinajstić information content (AvgIpc) is 2.70. The second-order valence-electron chi connectivity index (χ2n) is 6.52. The van der Waals surface area contributed by atoms with Crippen LogP contribution in [-0.2, 0) is 26.3 Å². The van der Waals surface area contributed by atoms with E-state index in [0.717, 1.165) is 5.56 Å². The number of sulfonamides is 1. The molecular weight excluding hydrogens is 430 g/mol. The minimum Gasteiger partial charge on any atom is -0.219 e. The van der Waals surface area contributed by atoms with Gasteiger partial charge in [0, 0.05) is 11.6 Å². The van der Waals surface area contributed by atoms with Crippen molar-refractivity contribution in [3.05, 3.63) is 88.9 Å². The van der Waals surface area contributed by atoms with Crippen LogP contribution in [0.3, 0.4) is 0 Å². The van der Waals surface area contributed by atoms with Crippen molar-refractivity contribution >= 4 is 31.5 Å².